The molecule has 0 saturated carbocycles. The number of nitrogens with zero attached hydrogens (tertiary/aromatic N) is 1. The van der Waals surface area contributed by atoms with Gasteiger partial charge in [-0.15, -0.1) is 0 Å². The van der Waals surface area contributed by atoms with Gasteiger partial charge in [0, 0.05) is 11.5 Å². The first-order valence-electron chi connectivity index (χ1n) is 3.43. The molecule has 1 N–H and O–H groups in total. The molecule has 0 aliphatic rings. The molecule has 0 amide bonds. The molecule has 0 aliphatic carbocycles. The van der Waals surface area contributed by atoms with Gasteiger partial charge in [-0.2, -0.15) is 0 Å². The van der Waals surface area contributed by atoms with E-state index in [0.717, 1.165) is 5.39 Å². The van der Waals surface area contributed by atoms with Crippen molar-refractivity contribution in [3.05, 3.63) is 35.4 Å². The first kappa shape index (κ1) is 7.37. The highest BCUT2D eigenvalue weighted by Gasteiger charge is 1.99. The molecular formula is C9H5ClNO. The zero-order chi connectivity index (χ0) is 8.55. The molecule has 12 heavy (non-hydrogen) atoms. The van der Waals surface area contributed by atoms with Crippen molar-refractivity contribution >= 4 is 22.5 Å². The van der Waals surface area contributed by atoms with Gasteiger partial charge in [-0.3, -0.25) is 0 Å². The van der Waals surface area contributed by atoms with Crippen molar-refractivity contribution < 1.29 is 5.11 Å². The molecule has 1 heterocycles. The summed E-state index contributed by atoms with van der Waals surface area (Å²) in [5.41, 5.74) is 0.607. The van der Waals surface area contributed by atoms with E-state index in [0.29, 0.717) is 10.5 Å². The number of fused-ring (bicyclic) bond motifs is 1. The number of aromatic nitrogens is 1. The van der Waals surface area contributed by atoms with Crippen LogP contribution in [0.5, 0.6) is 5.88 Å². The van der Waals surface area contributed by atoms with Gasteiger partial charge in [0.1, 0.15) is 0 Å². The van der Waals surface area contributed by atoms with Crippen molar-refractivity contribution in [3.8, 4) is 5.88 Å². The van der Waals surface area contributed by atoms with E-state index in [1.807, 2.05) is 0 Å². The molecule has 0 bridgehead atoms. The molecule has 2 rings (SSSR count). The van der Waals surface area contributed by atoms with Crippen LogP contribution in [0.3, 0.4) is 0 Å². The predicted molar refractivity (Wildman–Crippen MR) is 47.3 cm³/mol. The number of aromatic hydroxyl groups is 1. The Morgan fingerprint density at radius 3 is 3.00 bits per heavy atom. The van der Waals surface area contributed by atoms with Crippen LogP contribution in [-0.2, 0) is 0 Å². The summed E-state index contributed by atoms with van der Waals surface area (Å²) in [4.78, 5) is 3.88. The van der Waals surface area contributed by atoms with Gasteiger partial charge in [0.2, 0.25) is 5.88 Å². The quantitative estimate of drug-likeness (QED) is 0.672. The van der Waals surface area contributed by atoms with Crippen LogP contribution < -0.4 is 0 Å². The molecule has 0 spiro atoms. The lowest BCUT2D eigenvalue weighted by atomic mass is 10.2. The molecule has 0 fully saturated rings. The minimum Gasteiger partial charge on any atom is -0.493 e. The summed E-state index contributed by atoms with van der Waals surface area (Å²) >= 11 is 5.82. The zero-order valence-corrected chi connectivity index (χ0v) is 6.84. The fraction of sp³-hybridized carbons (Fsp3) is 0. The minimum atomic E-state index is -0.0180. The van der Waals surface area contributed by atoms with Gasteiger partial charge in [0.25, 0.3) is 0 Å². The summed E-state index contributed by atoms with van der Waals surface area (Å²) in [5, 5.41) is 10.5. The monoisotopic (exact) mass is 178 g/mol. The Bertz CT molecular complexity index is 428. The van der Waals surface area contributed by atoms with Gasteiger partial charge in [0.05, 0.1) is 10.5 Å². The van der Waals surface area contributed by atoms with E-state index < -0.39 is 0 Å². The highest BCUT2D eigenvalue weighted by atomic mass is 35.5. The summed E-state index contributed by atoms with van der Waals surface area (Å²) in [6, 6.07) is 9.53. The van der Waals surface area contributed by atoms with E-state index in [2.05, 4.69) is 11.1 Å². The van der Waals surface area contributed by atoms with E-state index in [9.17, 15) is 0 Å². The highest BCUT2D eigenvalue weighted by Crippen LogP contribution is 2.22. The summed E-state index contributed by atoms with van der Waals surface area (Å²) in [5.74, 6) is -0.0180. The fourth-order valence-corrected chi connectivity index (χ4v) is 1.25. The molecule has 2 nitrogen and oxygen atoms in total. The van der Waals surface area contributed by atoms with Gasteiger partial charge in [-0.05, 0) is 24.3 Å². The van der Waals surface area contributed by atoms with E-state index >= 15 is 0 Å². The van der Waals surface area contributed by atoms with Crippen LogP contribution >= 0.6 is 11.6 Å². The van der Waals surface area contributed by atoms with Gasteiger partial charge >= 0.3 is 0 Å². The SMILES string of the molecule is Oc1ccc2c[c]cc(Cl)c2n1. The van der Waals surface area contributed by atoms with Gasteiger partial charge < -0.3 is 5.11 Å². The average molecular weight is 179 g/mol. The van der Waals surface area contributed by atoms with Crippen molar-refractivity contribution in [2.75, 3.05) is 0 Å². The highest BCUT2D eigenvalue weighted by molar-refractivity contribution is 6.35. The lowest BCUT2D eigenvalue weighted by molar-refractivity contribution is 0.456. The van der Waals surface area contributed by atoms with Crippen LogP contribution in [0.25, 0.3) is 10.9 Å². The molecular weight excluding hydrogens is 174 g/mol. The second-order valence-electron chi connectivity index (χ2n) is 2.41. The molecule has 1 aromatic heterocycles. The van der Waals surface area contributed by atoms with E-state index in [-0.39, 0.29) is 5.88 Å². The van der Waals surface area contributed by atoms with Crippen molar-refractivity contribution in [2.45, 2.75) is 0 Å². The molecule has 2 aromatic rings. The smallest absolute Gasteiger partial charge is 0.211 e. The van der Waals surface area contributed by atoms with Crippen LogP contribution in [-0.4, -0.2) is 10.1 Å². The Morgan fingerprint density at radius 2 is 2.17 bits per heavy atom. The molecule has 0 atom stereocenters. The molecule has 0 aliphatic heterocycles. The molecule has 1 aromatic carbocycles. The van der Waals surface area contributed by atoms with Crippen molar-refractivity contribution in [2.24, 2.45) is 0 Å². The third-order valence-corrected chi connectivity index (χ3v) is 1.87. The van der Waals surface area contributed by atoms with Crippen LogP contribution in [0.1, 0.15) is 0 Å². The number of halogens is 1. The van der Waals surface area contributed by atoms with E-state index in [4.69, 9.17) is 16.7 Å². The lowest BCUT2D eigenvalue weighted by Gasteiger charge is -1.98. The van der Waals surface area contributed by atoms with E-state index in [1.165, 1.54) is 6.07 Å². The fourth-order valence-electron chi connectivity index (χ4n) is 1.04. The van der Waals surface area contributed by atoms with Crippen LogP contribution in [0.15, 0.2) is 24.3 Å². The van der Waals surface area contributed by atoms with Crippen molar-refractivity contribution in [1.29, 1.82) is 0 Å². The largest absolute Gasteiger partial charge is 0.493 e. The molecule has 59 valence electrons. The second-order valence-corrected chi connectivity index (χ2v) is 2.82. The van der Waals surface area contributed by atoms with Crippen LogP contribution in [0, 0.1) is 6.07 Å². The number of hydrogen-bond acceptors (Lipinski definition) is 2. The number of hydrogen-bond donors (Lipinski definition) is 1. The second kappa shape index (κ2) is 2.64. The summed E-state index contributed by atoms with van der Waals surface area (Å²) in [7, 11) is 0. The Kier molecular flexibility index (Phi) is 1.62. The van der Waals surface area contributed by atoms with Crippen LogP contribution in [0.2, 0.25) is 5.02 Å². The summed E-state index contributed by atoms with van der Waals surface area (Å²) < 4.78 is 0. The van der Waals surface area contributed by atoms with Gasteiger partial charge in [-0.1, -0.05) is 11.6 Å². The van der Waals surface area contributed by atoms with Gasteiger partial charge in [-0.25, -0.2) is 4.98 Å². The van der Waals surface area contributed by atoms with Crippen molar-refractivity contribution in [1.82, 2.24) is 4.98 Å². The average Bonchev–Trinajstić information content (AvgIpc) is 2.07. The Balaban J connectivity index is 2.88. The number of rotatable bonds is 0. The minimum absolute atomic E-state index is 0.0180. The van der Waals surface area contributed by atoms with Crippen LogP contribution in [0.4, 0.5) is 0 Å². The summed E-state index contributed by atoms with van der Waals surface area (Å²) in [6.07, 6.45) is 0. The van der Waals surface area contributed by atoms with Gasteiger partial charge in [0.15, 0.2) is 0 Å². The Hall–Kier alpha value is -1.28. The van der Waals surface area contributed by atoms with E-state index in [1.54, 1.807) is 18.2 Å². The first-order chi connectivity index (χ1) is 5.77. The lowest BCUT2D eigenvalue weighted by Crippen LogP contribution is -1.79. The maximum absolute atomic E-state index is 9.07. The normalized spacial score (nSPS) is 10.4. The first-order valence-corrected chi connectivity index (χ1v) is 3.80. The third-order valence-electron chi connectivity index (χ3n) is 1.59. The standard InChI is InChI=1S/C9H5ClNO/c10-7-3-1-2-6-4-5-8(12)11-9(6)7/h2-5H,(H,11,12). The molecule has 3 heteroatoms. The molecule has 0 saturated heterocycles. The number of benzene rings is 1. The topological polar surface area (TPSA) is 33.1 Å². The maximum Gasteiger partial charge on any atom is 0.211 e. The zero-order valence-electron chi connectivity index (χ0n) is 6.08. The Morgan fingerprint density at radius 1 is 1.33 bits per heavy atom. The number of pyridine rings is 1. The molecule has 0 unspecified atom stereocenters. The summed E-state index contributed by atoms with van der Waals surface area (Å²) in [6.45, 7) is 0. The predicted octanol–water partition coefficient (Wildman–Crippen LogP) is 2.39. The third kappa shape index (κ3) is 1.10. The Labute approximate surface area is 74.4 Å². The maximum atomic E-state index is 9.07. The van der Waals surface area contributed by atoms with Crippen molar-refractivity contribution in [3.63, 3.8) is 0 Å². The molecule has 1 radical (unpaired) electrons.